The van der Waals surface area contributed by atoms with Crippen LogP contribution in [0.15, 0.2) is 12.4 Å². The van der Waals surface area contributed by atoms with E-state index in [1.165, 1.54) is 4.31 Å². The first-order valence-corrected chi connectivity index (χ1v) is 8.73. The van der Waals surface area contributed by atoms with E-state index in [9.17, 15) is 13.2 Å². The molecule has 0 N–H and O–H groups in total. The van der Waals surface area contributed by atoms with Gasteiger partial charge in [0.2, 0.25) is 15.9 Å². The molecule has 1 spiro atoms. The summed E-state index contributed by atoms with van der Waals surface area (Å²) in [4.78, 5) is 14.0. The van der Waals surface area contributed by atoms with Gasteiger partial charge in [-0.15, -0.1) is 0 Å². The highest BCUT2D eigenvalue weighted by molar-refractivity contribution is 7.89. The van der Waals surface area contributed by atoms with E-state index in [1.54, 1.807) is 22.7 Å². The number of nitrogens with zero attached hydrogens (tertiary/aromatic N) is 4. The molecule has 2 aliphatic rings. The largest absolute Gasteiger partial charge is 0.309 e. The van der Waals surface area contributed by atoms with E-state index in [1.807, 2.05) is 13.2 Å². The quantitative estimate of drug-likeness (QED) is 0.799. The Balaban J connectivity index is 1.79. The van der Waals surface area contributed by atoms with Crippen molar-refractivity contribution in [3.63, 3.8) is 0 Å². The molecule has 116 valence electrons. The van der Waals surface area contributed by atoms with Crippen molar-refractivity contribution in [2.24, 2.45) is 12.5 Å². The fourth-order valence-corrected chi connectivity index (χ4v) is 4.47. The number of anilines is 1. The summed E-state index contributed by atoms with van der Waals surface area (Å²) in [5.74, 6) is 0.169. The van der Waals surface area contributed by atoms with Crippen LogP contribution in [-0.4, -0.2) is 53.8 Å². The fraction of sp³-hybridized carbons (Fsp3) is 0.692. The summed E-state index contributed by atoms with van der Waals surface area (Å²) in [5, 5.41) is 4.09. The minimum atomic E-state index is -3.17. The van der Waals surface area contributed by atoms with Crippen LogP contribution >= 0.6 is 0 Å². The summed E-state index contributed by atoms with van der Waals surface area (Å²) < 4.78 is 27.2. The van der Waals surface area contributed by atoms with E-state index in [0.717, 1.165) is 12.1 Å². The summed E-state index contributed by atoms with van der Waals surface area (Å²) in [5.41, 5.74) is 0.547. The zero-order valence-corrected chi connectivity index (χ0v) is 13.1. The van der Waals surface area contributed by atoms with Crippen molar-refractivity contribution >= 4 is 21.6 Å². The molecule has 0 saturated carbocycles. The number of carbonyl (C=O) groups is 1. The first kappa shape index (κ1) is 14.5. The van der Waals surface area contributed by atoms with Gasteiger partial charge in [-0.2, -0.15) is 5.10 Å². The molecule has 3 rings (SSSR count). The molecule has 1 aromatic rings. The number of rotatable bonds is 3. The third-order valence-electron chi connectivity index (χ3n) is 4.49. The normalized spacial score (nSPS) is 27.1. The molecule has 7 nitrogen and oxygen atoms in total. The lowest BCUT2D eigenvalue weighted by molar-refractivity contribution is -0.117. The molecule has 0 aliphatic carbocycles. The van der Waals surface area contributed by atoms with Crippen LogP contribution in [0.5, 0.6) is 0 Å². The van der Waals surface area contributed by atoms with E-state index in [-0.39, 0.29) is 17.1 Å². The molecule has 3 heterocycles. The number of amides is 1. The van der Waals surface area contributed by atoms with Gasteiger partial charge in [0.25, 0.3) is 0 Å². The zero-order chi connectivity index (χ0) is 15.3. The minimum absolute atomic E-state index is 0.0544. The van der Waals surface area contributed by atoms with Crippen molar-refractivity contribution in [3.8, 4) is 0 Å². The van der Waals surface area contributed by atoms with Gasteiger partial charge in [0, 0.05) is 44.7 Å². The van der Waals surface area contributed by atoms with Gasteiger partial charge in [0.1, 0.15) is 0 Å². The van der Waals surface area contributed by atoms with Crippen molar-refractivity contribution in [3.05, 3.63) is 12.4 Å². The molecule has 1 atom stereocenters. The second-order valence-electron chi connectivity index (χ2n) is 6.01. The number of sulfonamides is 1. The summed E-state index contributed by atoms with van der Waals surface area (Å²) >= 11 is 0. The van der Waals surface area contributed by atoms with Crippen molar-refractivity contribution < 1.29 is 13.2 Å². The van der Waals surface area contributed by atoms with Gasteiger partial charge in [-0.1, -0.05) is 0 Å². The van der Waals surface area contributed by atoms with E-state index in [0.29, 0.717) is 26.1 Å². The smallest absolute Gasteiger partial charge is 0.227 e. The third kappa shape index (κ3) is 2.46. The number of hydrogen-bond donors (Lipinski definition) is 0. The molecule has 1 aromatic heterocycles. The lowest BCUT2D eigenvalue weighted by Gasteiger charge is -2.23. The van der Waals surface area contributed by atoms with Gasteiger partial charge in [0.05, 0.1) is 17.6 Å². The number of hydrogen-bond acceptors (Lipinski definition) is 4. The van der Waals surface area contributed by atoms with Crippen molar-refractivity contribution in [2.45, 2.75) is 19.8 Å². The van der Waals surface area contributed by atoms with Crippen LogP contribution in [0.2, 0.25) is 0 Å². The molecule has 0 aromatic carbocycles. The summed E-state index contributed by atoms with van der Waals surface area (Å²) in [7, 11) is -1.36. The molecule has 0 radical (unpaired) electrons. The Hall–Kier alpha value is -1.41. The summed E-state index contributed by atoms with van der Waals surface area (Å²) in [6.07, 6.45) is 4.64. The van der Waals surface area contributed by atoms with Gasteiger partial charge in [-0.3, -0.25) is 9.48 Å². The second-order valence-corrected chi connectivity index (χ2v) is 8.27. The van der Waals surface area contributed by atoms with Gasteiger partial charge in [0.15, 0.2) is 0 Å². The third-order valence-corrected chi connectivity index (χ3v) is 6.31. The van der Waals surface area contributed by atoms with Crippen LogP contribution < -0.4 is 4.90 Å². The molecular formula is C13H20N4O3S. The maximum atomic E-state index is 12.3. The van der Waals surface area contributed by atoms with Crippen LogP contribution in [0.25, 0.3) is 0 Å². The fourth-order valence-electron chi connectivity index (χ4n) is 3.27. The van der Waals surface area contributed by atoms with Crippen LogP contribution in [-0.2, 0) is 21.9 Å². The van der Waals surface area contributed by atoms with Crippen LogP contribution in [0, 0.1) is 5.41 Å². The second kappa shape index (κ2) is 4.81. The number of carbonyl (C=O) groups excluding carboxylic acids is 1. The van der Waals surface area contributed by atoms with Crippen molar-refractivity contribution in [1.29, 1.82) is 0 Å². The highest BCUT2D eigenvalue weighted by Gasteiger charge is 2.50. The van der Waals surface area contributed by atoms with Gasteiger partial charge >= 0.3 is 0 Å². The summed E-state index contributed by atoms with van der Waals surface area (Å²) in [6.45, 7) is 3.20. The topological polar surface area (TPSA) is 75.5 Å². The molecule has 0 bridgehead atoms. The molecule has 1 amide bonds. The molecular weight excluding hydrogens is 292 g/mol. The van der Waals surface area contributed by atoms with E-state index >= 15 is 0 Å². The number of aromatic nitrogens is 2. The van der Waals surface area contributed by atoms with Gasteiger partial charge in [-0.25, -0.2) is 12.7 Å². The first-order valence-electron chi connectivity index (χ1n) is 7.12. The highest BCUT2D eigenvalue weighted by Crippen LogP contribution is 2.42. The Labute approximate surface area is 124 Å². The van der Waals surface area contributed by atoms with Crippen LogP contribution in [0.4, 0.5) is 5.69 Å². The average Bonchev–Trinajstić information content (AvgIpc) is 3.11. The first-order chi connectivity index (χ1) is 9.85. The monoisotopic (exact) mass is 312 g/mol. The molecule has 2 saturated heterocycles. The SMILES string of the molecule is CCS(=O)(=O)N1CC[C@]2(CC(=O)N(c3cnn(C)c3)C2)C1. The maximum absolute atomic E-state index is 12.3. The Morgan fingerprint density at radius 3 is 2.76 bits per heavy atom. The maximum Gasteiger partial charge on any atom is 0.227 e. The lowest BCUT2D eigenvalue weighted by atomic mass is 9.86. The van der Waals surface area contributed by atoms with Crippen LogP contribution in [0.3, 0.4) is 0 Å². The molecule has 0 unspecified atom stereocenters. The average molecular weight is 312 g/mol. The van der Waals surface area contributed by atoms with E-state index in [4.69, 9.17) is 0 Å². The predicted molar refractivity (Wildman–Crippen MR) is 78.3 cm³/mol. The van der Waals surface area contributed by atoms with Gasteiger partial charge < -0.3 is 4.90 Å². The van der Waals surface area contributed by atoms with E-state index < -0.39 is 10.0 Å². The Bertz CT molecular complexity index is 669. The Morgan fingerprint density at radius 2 is 2.14 bits per heavy atom. The molecule has 2 aliphatic heterocycles. The van der Waals surface area contributed by atoms with Crippen molar-refractivity contribution in [2.75, 3.05) is 30.3 Å². The Kier molecular flexibility index (Phi) is 3.32. The van der Waals surface area contributed by atoms with E-state index in [2.05, 4.69) is 5.10 Å². The Morgan fingerprint density at radius 1 is 1.38 bits per heavy atom. The number of aryl methyl sites for hydroxylation is 1. The molecule has 21 heavy (non-hydrogen) atoms. The highest BCUT2D eigenvalue weighted by atomic mass is 32.2. The van der Waals surface area contributed by atoms with Crippen LogP contribution in [0.1, 0.15) is 19.8 Å². The van der Waals surface area contributed by atoms with Gasteiger partial charge in [-0.05, 0) is 13.3 Å². The molecule has 8 heteroatoms. The predicted octanol–water partition coefficient (Wildman–Crippen LogP) is 0.199. The zero-order valence-electron chi connectivity index (χ0n) is 12.3. The lowest BCUT2D eigenvalue weighted by Crippen LogP contribution is -2.34. The minimum Gasteiger partial charge on any atom is -0.309 e. The standard InChI is InChI=1S/C13H20N4O3S/c1-3-21(19,20)16-5-4-13(9-16)6-12(18)17(10-13)11-7-14-15(2)8-11/h7-8H,3-6,9-10H2,1-2H3/t13-/m0/s1. The molecule has 2 fully saturated rings. The summed E-state index contributed by atoms with van der Waals surface area (Å²) in [6, 6.07) is 0. The van der Waals surface area contributed by atoms with Crippen molar-refractivity contribution in [1.82, 2.24) is 14.1 Å².